The van der Waals surface area contributed by atoms with Crippen LogP contribution < -0.4 is 5.32 Å². The minimum Gasteiger partial charge on any atom is -0.314 e. The first kappa shape index (κ1) is 8.79. The lowest BCUT2D eigenvalue weighted by Gasteiger charge is -1.99. The lowest BCUT2D eigenvalue weighted by Crippen LogP contribution is -2.11. The molecule has 1 fully saturated rings. The van der Waals surface area contributed by atoms with E-state index in [0.717, 1.165) is 19.0 Å². The van der Waals surface area contributed by atoms with E-state index >= 15 is 0 Å². The molecule has 0 amide bonds. The molecule has 0 aromatic carbocycles. The van der Waals surface area contributed by atoms with Crippen molar-refractivity contribution in [2.45, 2.75) is 32.6 Å². The highest BCUT2D eigenvalue weighted by Crippen LogP contribution is 2.25. The second kappa shape index (κ2) is 5.36. The van der Waals surface area contributed by atoms with Gasteiger partial charge in [-0.2, -0.15) is 0 Å². The van der Waals surface area contributed by atoms with Gasteiger partial charge in [0.15, 0.2) is 0 Å². The first-order valence-corrected chi connectivity index (χ1v) is 4.81. The molecule has 0 aromatic heterocycles. The molecule has 11 heavy (non-hydrogen) atoms. The van der Waals surface area contributed by atoms with Crippen molar-refractivity contribution in [1.82, 2.24) is 5.32 Å². The van der Waals surface area contributed by atoms with Gasteiger partial charge >= 0.3 is 0 Å². The number of hydrogen-bond donors (Lipinski definition) is 1. The van der Waals surface area contributed by atoms with Crippen molar-refractivity contribution in [1.29, 1.82) is 0 Å². The molecule has 1 nitrogen and oxygen atoms in total. The maximum Gasteiger partial charge on any atom is 0.0134 e. The van der Waals surface area contributed by atoms with Crippen LogP contribution in [0.25, 0.3) is 0 Å². The zero-order valence-corrected chi connectivity index (χ0v) is 7.47. The Balaban J connectivity index is 2.03. The summed E-state index contributed by atoms with van der Waals surface area (Å²) in [6.07, 6.45) is 10.4. The number of rotatable bonds is 4. The fourth-order valence-electron chi connectivity index (χ4n) is 1.64. The highest BCUT2D eigenvalue weighted by Gasteiger charge is 2.10. The second-order valence-corrected chi connectivity index (χ2v) is 3.28. The Hall–Kier alpha value is -0.300. The molecule has 1 heteroatoms. The maximum absolute atomic E-state index is 3.29. The first-order valence-electron chi connectivity index (χ1n) is 4.81. The van der Waals surface area contributed by atoms with Gasteiger partial charge in [-0.15, -0.1) is 0 Å². The van der Waals surface area contributed by atoms with Gasteiger partial charge in [0.1, 0.15) is 0 Å². The van der Waals surface area contributed by atoms with E-state index in [2.05, 4.69) is 24.4 Å². The van der Waals surface area contributed by atoms with Gasteiger partial charge in [-0.3, -0.25) is 0 Å². The summed E-state index contributed by atoms with van der Waals surface area (Å²) in [6, 6.07) is 0. The lowest BCUT2D eigenvalue weighted by atomic mass is 10.1. The molecule has 0 spiro atoms. The van der Waals surface area contributed by atoms with Gasteiger partial charge in [-0.25, -0.2) is 0 Å². The maximum atomic E-state index is 3.29. The average molecular weight is 153 g/mol. The van der Waals surface area contributed by atoms with Crippen LogP contribution in [-0.2, 0) is 0 Å². The first-order chi connectivity index (χ1) is 5.43. The van der Waals surface area contributed by atoms with Crippen molar-refractivity contribution in [3.05, 3.63) is 12.2 Å². The summed E-state index contributed by atoms with van der Waals surface area (Å²) in [5, 5.41) is 3.29. The molecular weight excluding hydrogens is 134 g/mol. The van der Waals surface area contributed by atoms with Gasteiger partial charge in [0, 0.05) is 6.54 Å². The van der Waals surface area contributed by atoms with Gasteiger partial charge in [0.2, 0.25) is 0 Å². The van der Waals surface area contributed by atoms with E-state index in [1.165, 1.54) is 25.7 Å². The molecule has 0 atom stereocenters. The highest BCUT2D eigenvalue weighted by molar-refractivity contribution is 4.91. The van der Waals surface area contributed by atoms with E-state index in [4.69, 9.17) is 0 Å². The van der Waals surface area contributed by atoms with Crippen LogP contribution in [0.4, 0.5) is 0 Å². The van der Waals surface area contributed by atoms with Crippen LogP contribution in [0.2, 0.25) is 0 Å². The standard InChI is InChI=1S/C10H19N/c1-2-11-9-5-8-10-6-3-4-7-10/h5,8,10-11H,2-4,6-7,9H2,1H3. The molecule has 0 saturated heterocycles. The number of likely N-dealkylation sites (N-methyl/N-ethyl adjacent to an activating group) is 1. The van der Waals surface area contributed by atoms with Crippen LogP contribution >= 0.6 is 0 Å². The second-order valence-electron chi connectivity index (χ2n) is 3.28. The van der Waals surface area contributed by atoms with Crippen LogP contribution in [0.3, 0.4) is 0 Å². The molecule has 0 aliphatic heterocycles. The minimum atomic E-state index is 0.897. The van der Waals surface area contributed by atoms with Crippen molar-refractivity contribution in [2.75, 3.05) is 13.1 Å². The van der Waals surface area contributed by atoms with Crippen LogP contribution in [0.1, 0.15) is 32.6 Å². The summed E-state index contributed by atoms with van der Waals surface area (Å²) < 4.78 is 0. The SMILES string of the molecule is CCNCC=CC1CCCC1. The monoisotopic (exact) mass is 153 g/mol. The van der Waals surface area contributed by atoms with Gasteiger partial charge in [-0.05, 0) is 25.3 Å². The van der Waals surface area contributed by atoms with Crippen molar-refractivity contribution < 1.29 is 0 Å². The van der Waals surface area contributed by atoms with Crippen molar-refractivity contribution in [3.63, 3.8) is 0 Å². The summed E-state index contributed by atoms with van der Waals surface area (Å²) >= 11 is 0. The minimum absolute atomic E-state index is 0.897. The Morgan fingerprint density at radius 3 is 2.73 bits per heavy atom. The molecule has 1 aliphatic carbocycles. The quantitative estimate of drug-likeness (QED) is 0.483. The van der Waals surface area contributed by atoms with Crippen molar-refractivity contribution in [3.8, 4) is 0 Å². The number of hydrogen-bond acceptors (Lipinski definition) is 1. The summed E-state index contributed by atoms with van der Waals surface area (Å²) in [5.74, 6) is 0.897. The normalized spacial score (nSPS) is 20.1. The van der Waals surface area contributed by atoms with E-state index in [1.807, 2.05) is 0 Å². The molecule has 0 bridgehead atoms. The molecule has 1 saturated carbocycles. The fourth-order valence-corrected chi connectivity index (χ4v) is 1.64. The Labute approximate surface area is 69.9 Å². The molecule has 1 N–H and O–H groups in total. The zero-order chi connectivity index (χ0) is 7.94. The molecule has 0 aromatic rings. The third-order valence-electron chi connectivity index (χ3n) is 2.32. The molecule has 1 aliphatic rings. The third kappa shape index (κ3) is 3.57. The Morgan fingerprint density at radius 2 is 2.09 bits per heavy atom. The van der Waals surface area contributed by atoms with Crippen LogP contribution in [0.15, 0.2) is 12.2 Å². The van der Waals surface area contributed by atoms with E-state index in [1.54, 1.807) is 0 Å². The largest absolute Gasteiger partial charge is 0.314 e. The lowest BCUT2D eigenvalue weighted by molar-refractivity contribution is 0.680. The van der Waals surface area contributed by atoms with E-state index < -0.39 is 0 Å². The Bertz CT molecular complexity index is 112. The summed E-state index contributed by atoms with van der Waals surface area (Å²) in [5.41, 5.74) is 0. The highest BCUT2D eigenvalue weighted by atomic mass is 14.8. The smallest absolute Gasteiger partial charge is 0.0134 e. The van der Waals surface area contributed by atoms with Gasteiger partial charge in [0.25, 0.3) is 0 Å². The summed E-state index contributed by atoms with van der Waals surface area (Å²) in [4.78, 5) is 0. The van der Waals surface area contributed by atoms with Crippen LogP contribution in [0, 0.1) is 5.92 Å². The molecule has 0 unspecified atom stereocenters. The summed E-state index contributed by atoms with van der Waals surface area (Å²) in [6.45, 7) is 4.27. The average Bonchev–Trinajstić information content (AvgIpc) is 2.50. The van der Waals surface area contributed by atoms with Gasteiger partial charge in [0.05, 0.1) is 0 Å². The van der Waals surface area contributed by atoms with Crippen molar-refractivity contribution in [2.24, 2.45) is 5.92 Å². The van der Waals surface area contributed by atoms with E-state index in [0.29, 0.717) is 0 Å². The van der Waals surface area contributed by atoms with E-state index in [9.17, 15) is 0 Å². The molecular formula is C10H19N. The molecule has 64 valence electrons. The Morgan fingerprint density at radius 1 is 1.36 bits per heavy atom. The van der Waals surface area contributed by atoms with Gasteiger partial charge < -0.3 is 5.32 Å². The van der Waals surface area contributed by atoms with Crippen molar-refractivity contribution >= 4 is 0 Å². The molecule has 1 rings (SSSR count). The fraction of sp³-hybridized carbons (Fsp3) is 0.800. The number of allylic oxidation sites excluding steroid dienone is 1. The van der Waals surface area contributed by atoms with Gasteiger partial charge in [-0.1, -0.05) is 31.9 Å². The third-order valence-corrected chi connectivity index (χ3v) is 2.32. The van der Waals surface area contributed by atoms with E-state index in [-0.39, 0.29) is 0 Å². The molecule has 0 radical (unpaired) electrons. The predicted octanol–water partition coefficient (Wildman–Crippen LogP) is 2.34. The van der Waals surface area contributed by atoms with Crippen LogP contribution in [-0.4, -0.2) is 13.1 Å². The number of nitrogens with one attached hydrogen (secondary N) is 1. The topological polar surface area (TPSA) is 12.0 Å². The summed E-state index contributed by atoms with van der Waals surface area (Å²) in [7, 11) is 0. The predicted molar refractivity (Wildman–Crippen MR) is 49.6 cm³/mol. The van der Waals surface area contributed by atoms with Crippen LogP contribution in [0.5, 0.6) is 0 Å². The molecule has 0 heterocycles. The Kier molecular flexibility index (Phi) is 4.29. The zero-order valence-electron chi connectivity index (χ0n) is 7.47.